The van der Waals surface area contributed by atoms with Gasteiger partial charge in [0.2, 0.25) is 0 Å². The van der Waals surface area contributed by atoms with Crippen LogP contribution in [0.15, 0.2) is 0 Å². The van der Waals surface area contributed by atoms with Gasteiger partial charge in [0.15, 0.2) is 0 Å². The lowest BCUT2D eigenvalue weighted by Gasteiger charge is -2.13. The van der Waals surface area contributed by atoms with E-state index in [1.807, 2.05) is 0 Å². The number of esters is 2. The Morgan fingerprint density at radius 2 is 1.43 bits per heavy atom. The lowest BCUT2D eigenvalue weighted by atomic mass is 10.6. The van der Waals surface area contributed by atoms with Crippen LogP contribution in [-0.2, 0) is 19.1 Å². The second-order valence-corrected chi connectivity index (χ2v) is 2.63. The van der Waals surface area contributed by atoms with Crippen molar-refractivity contribution < 1.29 is 24.3 Å². The van der Waals surface area contributed by atoms with E-state index in [4.69, 9.17) is 5.21 Å². The van der Waals surface area contributed by atoms with Gasteiger partial charge in [0.25, 0.3) is 0 Å². The van der Waals surface area contributed by atoms with Crippen molar-refractivity contribution in [1.82, 2.24) is 5.06 Å². The molecule has 0 aliphatic heterocycles. The highest BCUT2D eigenvalue weighted by molar-refractivity contribution is 5.66. The first-order valence-electron chi connectivity index (χ1n) is 4.23. The summed E-state index contributed by atoms with van der Waals surface area (Å²) in [5.41, 5.74) is 0. The zero-order chi connectivity index (χ0) is 11.0. The molecule has 1 N–H and O–H groups in total. The van der Waals surface area contributed by atoms with Crippen molar-refractivity contribution in [2.45, 2.75) is 13.8 Å². The summed E-state index contributed by atoms with van der Waals surface area (Å²) < 4.78 is 9.18. The van der Waals surface area contributed by atoms with Gasteiger partial charge < -0.3 is 14.7 Å². The molecule has 0 fully saturated rings. The maximum atomic E-state index is 10.3. The summed E-state index contributed by atoms with van der Waals surface area (Å²) >= 11 is 0. The van der Waals surface area contributed by atoms with Gasteiger partial charge in [-0.1, -0.05) is 0 Å². The van der Waals surface area contributed by atoms with E-state index in [1.54, 1.807) is 0 Å². The molecule has 0 aromatic carbocycles. The van der Waals surface area contributed by atoms with Gasteiger partial charge in [-0.05, 0) is 0 Å². The Labute approximate surface area is 82.4 Å². The van der Waals surface area contributed by atoms with E-state index in [0.29, 0.717) is 0 Å². The highest BCUT2D eigenvalue weighted by Crippen LogP contribution is 1.85. The summed E-state index contributed by atoms with van der Waals surface area (Å²) in [7, 11) is 0. The molecule has 6 heteroatoms. The summed E-state index contributed by atoms with van der Waals surface area (Å²) in [6.07, 6.45) is 0. The van der Waals surface area contributed by atoms with Crippen LogP contribution in [0.25, 0.3) is 0 Å². The number of nitrogens with zero attached hydrogens (tertiary/aromatic N) is 1. The van der Waals surface area contributed by atoms with Gasteiger partial charge in [0, 0.05) is 13.8 Å². The van der Waals surface area contributed by atoms with Crippen molar-refractivity contribution in [2.75, 3.05) is 26.3 Å². The Bertz CT molecular complexity index is 174. The fourth-order valence-electron chi connectivity index (χ4n) is 0.701. The number of hydrogen-bond acceptors (Lipinski definition) is 6. The molecule has 0 bridgehead atoms. The molecule has 0 aromatic heterocycles. The highest BCUT2D eigenvalue weighted by atomic mass is 16.6. The van der Waals surface area contributed by atoms with Crippen molar-refractivity contribution in [3.8, 4) is 0 Å². The molecule has 0 aliphatic carbocycles. The summed E-state index contributed by atoms with van der Waals surface area (Å²) in [5.74, 6) is -0.781. The van der Waals surface area contributed by atoms with E-state index >= 15 is 0 Å². The van der Waals surface area contributed by atoms with Crippen LogP contribution >= 0.6 is 0 Å². The molecule has 0 saturated carbocycles. The van der Waals surface area contributed by atoms with Gasteiger partial charge in [-0.15, -0.1) is 0 Å². The molecule has 0 atom stereocenters. The van der Waals surface area contributed by atoms with Crippen LogP contribution in [0.2, 0.25) is 0 Å². The third-order valence-corrected chi connectivity index (χ3v) is 1.31. The number of ether oxygens (including phenoxy) is 2. The average Bonchev–Trinajstić information content (AvgIpc) is 2.02. The molecule has 0 saturated heterocycles. The van der Waals surface area contributed by atoms with Crippen LogP contribution in [0.1, 0.15) is 13.8 Å². The van der Waals surface area contributed by atoms with Gasteiger partial charge >= 0.3 is 11.9 Å². The van der Waals surface area contributed by atoms with Crippen molar-refractivity contribution in [2.24, 2.45) is 0 Å². The molecule has 6 nitrogen and oxygen atoms in total. The third kappa shape index (κ3) is 8.95. The van der Waals surface area contributed by atoms with Gasteiger partial charge in [-0.2, -0.15) is 5.06 Å². The van der Waals surface area contributed by atoms with Crippen LogP contribution in [0, 0.1) is 0 Å². The third-order valence-electron chi connectivity index (χ3n) is 1.31. The Hall–Kier alpha value is -1.14. The summed E-state index contributed by atoms with van der Waals surface area (Å²) in [6, 6.07) is 0. The maximum Gasteiger partial charge on any atom is 0.302 e. The lowest BCUT2D eigenvalue weighted by Crippen LogP contribution is -2.28. The van der Waals surface area contributed by atoms with Crippen molar-refractivity contribution >= 4 is 11.9 Å². The van der Waals surface area contributed by atoms with Gasteiger partial charge in [0.05, 0.1) is 13.1 Å². The van der Waals surface area contributed by atoms with Crippen molar-refractivity contribution in [3.63, 3.8) is 0 Å². The number of hydrogen-bond donors (Lipinski definition) is 1. The van der Waals surface area contributed by atoms with E-state index in [1.165, 1.54) is 13.8 Å². The summed E-state index contributed by atoms with van der Waals surface area (Å²) in [5, 5.41) is 10.0. The predicted octanol–water partition coefficient (Wildman–Crippen LogP) is -0.196. The average molecular weight is 205 g/mol. The fraction of sp³-hybridized carbons (Fsp3) is 0.750. The minimum absolute atomic E-state index is 0.117. The first-order chi connectivity index (χ1) is 6.52. The molecule has 0 radical (unpaired) electrons. The minimum Gasteiger partial charge on any atom is -0.464 e. The highest BCUT2D eigenvalue weighted by Gasteiger charge is 2.02. The predicted molar refractivity (Wildman–Crippen MR) is 46.6 cm³/mol. The Morgan fingerprint density at radius 3 is 1.71 bits per heavy atom. The van der Waals surface area contributed by atoms with Crippen LogP contribution in [-0.4, -0.2) is 48.5 Å². The van der Waals surface area contributed by atoms with E-state index in [9.17, 15) is 9.59 Å². The Morgan fingerprint density at radius 1 is 1.07 bits per heavy atom. The summed E-state index contributed by atoms with van der Waals surface area (Å²) in [4.78, 5) is 20.7. The summed E-state index contributed by atoms with van der Waals surface area (Å²) in [6.45, 7) is 3.21. The first kappa shape index (κ1) is 12.9. The van der Waals surface area contributed by atoms with E-state index in [2.05, 4.69) is 9.47 Å². The molecule has 0 amide bonds. The number of rotatable bonds is 6. The van der Waals surface area contributed by atoms with Crippen molar-refractivity contribution in [1.29, 1.82) is 0 Å². The molecular weight excluding hydrogens is 190 g/mol. The molecule has 0 spiro atoms. The zero-order valence-corrected chi connectivity index (χ0v) is 8.36. The minimum atomic E-state index is -0.390. The van der Waals surface area contributed by atoms with E-state index < -0.39 is 11.9 Å². The van der Waals surface area contributed by atoms with Crippen molar-refractivity contribution in [3.05, 3.63) is 0 Å². The van der Waals surface area contributed by atoms with E-state index in [0.717, 1.165) is 5.06 Å². The van der Waals surface area contributed by atoms with Crippen LogP contribution in [0.5, 0.6) is 0 Å². The standard InChI is InChI=1S/C8H15NO5/c1-7(10)13-5-3-9(12)4-6-14-8(2)11/h12H,3-6H2,1-2H3. The quantitative estimate of drug-likeness (QED) is 0.478. The molecule has 0 rings (SSSR count). The number of carbonyl (C=O) groups is 2. The molecule has 0 unspecified atom stereocenters. The molecular formula is C8H15NO5. The number of hydroxylamine groups is 2. The monoisotopic (exact) mass is 205 g/mol. The normalized spacial score (nSPS) is 10.0. The van der Waals surface area contributed by atoms with Gasteiger partial charge in [0.1, 0.15) is 13.2 Å². The molecule has 0 aliphatic rings. The molecule has 0 heterocycles. The van der Waals surface area contributed by atoms with Gasteiger partial charge in [-0.3, -0.25) is 9.59 Å². The maximum absolute atomic E-state index is 10.3. The fourth-order valence-corrected chi connectivity index (χ4v) is 0.701. The SMILES string of the molecule is CC(=O)OCCN(O)CCOC(C)=O. The van der Waals surface area contributed by atoms with E-state index in [-0.39, 0.29) is 26.3 Å². The molecule has 14 heavy (non-hydrogen) atoms. The Kier molecular flexibility index (Phi) is 6.69. The largest absolute Gasteiger partial charge is 0.464 e. The van der Waals surface area contributed by atoms with Crippen LogP contribution < -0.4 is 0 Å². The Balaban J connectivity index is 3.32. The van der Waals surface area contributed by atoms with Crippen LogP contribution in [0.4, 0.5) is 0 Å². The smallest absolute Gasteiger partial charge is 0.302 e. The molecule has 82 valence electrons. The second-order valence-electron chi connectivity index (χ2n) is 2.63. The number of carbonyl (C=O) groups excluding carboxylic acids is 2. The van der Waals surface area contributed by atoms with Gasteiger partial charge in [-0.25, -0.2) is 0 Å². The second kappa shape index (κ2) is 7.28. The lowest BCUT2D eigenvalue weighted by molar-refractivity contribution is -0.151. The molecule has 0 aromatic rings. The first-order valence-corrected chi connectivity index (χ1v) is 4.23. The zero-order valence-electron chi connectivity index (χ0n) is 8.36. The van der Waals surface area contributed by atoms with Crippen LogP contribution in [0.3, 0.4) is 0 Å². The topological polar surface area (TPSA) is 76.1 Å².